The third-order valence-electron chi connectivity index (χ3n) is 6.87. The van der Waals surface area contributed by atoms with Crippen molar-refractivity contribution in [3.05, 3.63) is 102 Å². The molecule has 6 heteroatoms. The number of hydrogen-bond donors (Lipinski definition) is 2. The lowest BCUT2D eigenvalue weighted by molar-refractivity contribution is 0.323. The van der Waals surface area contributed by atoms with Gasteiger partial charge in [-0.05, 0) is 41.0 Å². The molecule has 0 aliphatic carbocycles. The molecule has 6 nitrogen and oxygen atoms in total. The van der Waals surface area contributed by atoms with Crippen molar-refractivity contribution in [2.45, 2.75) is 18.4 Å². The van der Waals surface area contributed by atoms with Crippen LogP contribution < -0.4 is 4.74 Å². The van der Waals surface area contributed by atoms with Crippen molar-refractivity contribution in [1.29, 1.82) is 0 Å². The predicted octanol–water partition coefficient (Wildman–Crippen LogP) is 5.34. The number of aromatic nitrogens is 4. The summed E-state index contributed by atoms with van der Waals surface area (Å²) >= 11 is 0. The minimum atomic E-state index is 0.280. The standard InChI is InChI=1S/C28H27N5O/c1-34-23-10-7-20(8-11-23)24-17-33(16-19-5-3-2-4-6-19)18-25(24)28-31-26-12-9-21(13-27(26)32-28)22-14-29-30-15-22/h2-15,24-25H,16-18H2,1H3,(H,29,30)(H,31,32)/t24?,25-/m0/s1. The van der Waals surface area contributed by atoms with Crippen molar-refractivity contribution in [3.63, 3.8) is 0 Å². The highest BCUT2D eigenvalue weighted by Gasteiger charge is 2.36. The van der Waals surface area contributed by atoms with E-state index in [1.165, 1.54) is 11.1 Å². The molecule has 0 amide bonds. The minimum Gasteiger partial charge on any atom is -0.497 e. The lowest BCUT2D eigenvalue weighted by Gasteiger charge is -2.17. The first-order valence-electron chi connectivity index (χ1n) is 11.7. The number of benzene rings is 3. The summed E-state index contributed by atoms with van der Waals surface area (Å²) in [4.78, 5) is 11.2. The van der Waals surface area contributed by atoms with Gasteiger partial charge in [0, 0.05) is 43.2 Å². The topological polar surface area (TPSA) is 69.8 Å². The third kappa shape index (κ3) is 3.97. The third-order valence-corrected chi connectivity index (χ3v) is 6.87. The van der Waals surface area contributed by atoms with E-state index in [0.29, 0.717) is 5.92 Å². The second-order valence-electron chi connectivity index (χ2n) is 9.01. The molecule has 3 heterocycles. The van der Waals surface area contributed by atoms with Gasteiger partial charge in [0.05, 0.1) is 24.3 Å². The van der Waals surface area contributed by atoms with Gasteiger partial charge in [-0.2, -0.15) is 5.10 Å². The fourth-order valence-corrected chi connectivity index (χ4v) is 5.12. The summed E-state index contributed by atoms with van der Waals surface area (Å²) in [7, 11) is 1.71. The lowest BCUT2D eigenvalue weighted by Crippen LogP contribution is -2.20. The molecule has 6 rings (SSSR count). The summed E-state index contributed by atoms with van der Waals surface area (Å²) < 4.78 is 5.39. The zero-order valence-corrected chi connectivity index (χ0v) is 19.1. The van der Waals surface area contributed by atoms with E-state index in [1.807, 2.05) is 12.4 Å². The Hall–Kier alpha value is -3.90. The van der Waals surface area contributed by atoms with Crippen LogP contribution in [0.2, 0.25) is 0 Å². The summed E-state index contributed by atoms with van der Waals surface area (Å²) in [5.74, 6) is 2.57. The van der Waals surface area contributed by atoms with Gasteiger partial charge in [0.25, 0.3) is 0 Å². The van der Waals surface area contributed by atoms with Crippen molar-refractivity contribution < 1.29 is 4.74 Å². The minimum absolute atomic E-state index is 0.280. The van der Waals surface area contributed by atoms with Crippen molar-refractivity contribution in [2.24, 2.45) is 0 Å². The predicted molar refractivity (Wildman–Crippen MR) is 134 cm³/mol. The van der Waals surface area contributed by atoms with Gasteiger partial charge < -0.3 is 9.72 Å². The van der Waals surface area contributed by atoms with E-state index in [0.717, 1.165) is 53.4 Å². The molecule has 0 bridgehead atoms. The number of H-pyrrole nitrogens is 2. The Morgan fingerprint density at radius 1 is 0.941 bits per heavy atom. The van der Waals surface area contributed by atoms with Crippen LogP contribution in [0.4, 0.5) is 0 Å². The second-order valence-corrected chi connectivity index (χ2v) is 9.01. The lowest BCUT2D eigenvalue weighted by atomic mass is 9.88. The fourth-order valence-electron chi connectivity index (χ4n) is 5.12. The van der Waals surface area contributed by atoms with Crippen molar-refractivity contribution in [2.75, 3.05) is 20.2 Å². The number of likely N-dealkylation sites (tertiary alicyclic amines) is 1. The number of nitrogens with zero attached hydrogens (tertiary/aromatic N) is 3. The van der Waals surface area contributed by atoms with E-state index < -0.39 is 0 Å². The Bertz CT molecular complexity index is 1380. The van der Waals surface area contributed by atoms with Gasteiger partial charge in [0.1, 0.15) is 11.6 Å². The molecular formula is C28H27N5O. The largest absolute Gasteiger partial charge is 0.497 e. The smallest absolute Gasteiger partial charge is 0.118 e. The maximum atomic E-state index is 5.39. The van der Waals surface area contributed by atoms with Crippen LogP contribution in [0.3, 0.4) is 0 Å². The highest BCUT2D eigenvalue weighted by molar-refractivity contribution is 5.81. The molecule has 170 valence electrons. The fraction of sp³-hybridized carbons (Fsp3) is 0.214. The van der Waals surface area contributed by atoms with Gasteiger partial charge in [-0.15, -0.1) is 0 Å². The van der Waals surface area contributed by atoms with E-state index >= 15 is 0 Å². The highest BCUT2D eigenvalue weighted by atomic mass is 16.5. The number of methoxy groups -OCH3 is 1. The normalized spacial score (nSPS) is 18.5. The number of nitrogens with one attached hydrogen (secondary N) is 2. The maximum absolute atomic E-state index is 5.39. The second kappa shape index (κ2) is 8.80. The van der Waals surface area contributed by atoms with E-state index in [-0.39, 0.29) is 5.92 Å². The van der Waals surface area contributed by atoms with E-state index in [9.17, 15) is 0 Å². The van der Waals surface area contributed by atoms with Gasteiger partial charge in [-0.1, -0.05) is 48.5 Å². The molecule has 2 N–H and O–H groups in total. The molecule has 1 saturated heterocycles. The molecule has 1 aliphatic rings. The zero-order chi connectivity index (χ0) is 22.9. The monoisotopic (exact) mass is 449 g/mol. The molecule has 34 heavy (non-hydrogen) atoms. The summed E-state index contributed by atoms with van der Waals surface area (Å²) in [5.41, 5.74) is 6.91. The molecular weight excluding hydrogens is 422 g/mol. The van der Waals surface area contributed by atoms with Gasteiger partial charge in [-0.25, -0.2) is 4.98 Å². The van der Waals surface area contributed by atoms with Crippen molar-refractivity contribution in [1.82, 2.24) is 25.1 Å². The van der Waals surface area contributed by atoms with Crippen LogP contribution in [-0.4, -0.2) is 45.3 Å². The first-order valence-corrected chi connectivity index (χ1v) is 11.7. The van der Waals surface area contributed by atoms with Gasteiger partial charge in [-0.3, -0.25) is 10.00 Å². The zero-order valence-electron chi connectivity index (χ0n) is 19.1. The molecule has 5 aromatic rings. The number of imidazole rings is 1. The first kappa shape index (κ1) is 20.7. The van der Waals surface area contributed by atoms with Crippen molar-refractivity contribution >= 4 is 11.0 Å². The van der Waals surface area contributed by atoms with Crippen LogP contribution in [0.1, 0.15) is 28.8 Å². The summed E-state index contributed by atoms with van der Waals surface area (Å²) in [6.45, 7) is 2.89. The molecule has 0 saturated carbocycles. The van der Waals surface area contributed by atoms with Crippen LogP contribution in [0.15, 0.2) is 85.2 Å². The quantitative estimate of drug-likeness (QED) is 0.367. The molecule has 3 aromatic carbocycles. The molecule has 0 spiro atoms. The van der Waals surface area contributed by atoms with Crippen LogP contribution in [0.25, 0.3) is 22.2 Å². The van der Waals surface area contributed by atoms with Gasteiger partial charge in [0.2, 0.25) is 0 Å². The molecule has 2 atom stereocenters. The number of hydrogen-bond acceptors (Lipinski definition) is 4. The highest BCUT2D eigenvalue weighted by Crippen LogP contribution is 2.40. The van der Waals surface area contributed by atoms with Crippen LogP contribution in [0.5, 0.6) is 5.75 Å². The molecule has 0 radical (unpaired) electrons. The van der Waals surface area contributed by atoms with Gasteiger partial charge >= 0.3 is 0 Å². The first-order chi connectivity index (χ1) is 16.8. The molecule has 1 fully saturated rings. The Balaban J connectivity index is 1.34. The van der Waals surface area contributed by atoms with E-state index in [4.69, 9.17) is 9.72 Å². The summed E-state index contributed by atoms with van der Waals surface area (Å²) in [6, 6.07) is 25.6. The van der Waals surface area contributed by atoms with E-state index in [1.54, 1.807) is 7.11 Å². The summed E-state index contributed by atoms with van der Waals surface area (Å²) in [6.07, 6.45) is 3.76. The Morgan fingerprint density at radius 3 is 2.53 bits per heavy atom. The maximum Gasteiger partial charge on any atom is 0.118 e. The Kier molecular flexibility index (Phi) is 5.35. The Labute approximate surface area is 198 Å². The Morgan fingerprint density at radius 2 is 1.76 bits per heavy atom. The SMILES string of the molecule is COc1ccc(C2CN(Cc3ccccc3)C[C@@H]2c2nc3ccc(-c4cn[nH]c4)cc3[nH]2)cc1. The van der Waals surface area contributed by atoms with Gasteiger partial charge in [0.15, 0.2) is 0 Å². The summed E-state index contributed by atoms with van der Waals surface area (Å²) in [5, 5.41) is 6.97. The number of ether oxygens (including phenoxy) is 1. The number of fused-ring (bicyclic) bond motifs is 1. The van der Waals surface area contributed by atoms with Crippen LogP contribution in [-0.2, 0) is 6.54 Å². The van der Waals surface area contributed by atoms with Crippen LogP contribution >= 0.6 is 0 Å². The van der Waals surface area contributed by atoms with Crippen molar-refractivity contribution in [3.8, 4) is 16.9 Å². The molecule has 1 aliphatic heterocycles. The van der Waals surface area contributed by atoms with Crippen LogP contribution in [0, 0.1) is 0 Å². The van der Waals surface area contributed by atoms with E-state index in [2.05, 4.69) is 92.9 Å². The number of rotatable bonds is 6. The average Bonchev–Trinajstić information content (AvgIpc) is 3.64. The number of aromatic amines is 2. The average molecular weight is 450 g/mol. The molecule has 2 aromatic heterocycles. The molecule has 1 unspecified atom stereocenters.